The molecule has 0 fully saturated rings. The van der Waals surface area contributed by atoms with Gasteiger partial charge in [0.25, 0.3) is 5.91 Å². The summed E-state index contributed by atoms with van der Waals surface area (Å²) >= 11 is 7.49. The van der Waals surface area contributed by atoms with Gasteiger partial charge in [0, 0.05) is 22.1 Å². The van der Waals surface area contributed by atoms with Crippen molar-refractivity contribution in [3.63, 3.8) is 0 Å². The highest BCUT2D eigenvalue weighted by molar-refractivity contribution is 7.09. The summed E-state index contributed by atoms with van der Waals surface area (Å²) in [4.78, 5) is 15.4. The number of nitrogens with zero attached hydrogens (tertiary/aromatic N) is 1. The van der Waals surface area contributed by atoms with Crippen LogP contribution in [0.3, 0.4) is 0 Å². The molecule has 0 saturated heterocycles. The quantitative estimate of drug-likeness (QED) is 0.875. The van der Waals surface area contributed by atoms with Crippen LogP contribution in [0.2, 0.25) is 5.02 Å². The Hall–Kier alpha value is -1.52. The van der Waals surface area contributed by atoms with Crippen LogP contribution in [0, 0.1) is 0 Å². The van der Waals surface area contributed by atoms with Crippen molar-refractivity contribution in [3.05, 3.63) is 51.2 Å². The molecule has 3 nitrogen and oxygen atoms in total. The van der Waals surface area contributed by atoms with Crippen molar-refractivity contribution in [2.45, 2.75) is 13.5 Å². The fourth-order valence-electron chi connectivity index (χ4n) is 1.82. The maximum Gasteiger partial charge on any atom is 0.256 e. The van der Waals surface area contributed by atoms with Crippen molar-refractivity contribution in [2.75, 3.05) is 12.3 Å². The van der Waals surface area contributed by atoms with Crippen LogP contribution in [0.25, 0.3) is 0 Å². The van der Waals surface area contributed by atoms with Gasteiger partial charge >= 0.3 is 0 Å². The molecule has 1 aromatic carbocycles. The highest BCUT2D eigenvalue weighted by Gasteiger charge is 2.17. The van der Waals surface area contributed by atoms with E-state index in [-0.39, 0.29) is 5.91 Å². The zero-order chi connectivity index (χ0) is 13.8. The van der Waals surface area contributed by atoms with Crippen molar-refractivity contribution >= 4 is 34.5 Å². The molecular weight excluding hydrogens is 280 g/mol. The van der Waals surface area contributed by atoms with E-state index in [0.717, 1.165) is 4.88 Å². The summed E-state index contributed by atoms with van der Waals surface area (Å²) in [6.07, 6.45) is 0. The average molecular weight is 295 g/mol. The maximum atomic E-state index is 12.4. The molecule has 5 heteroatoms. The van der Waals surface area contributed by atoms with E-state index in [1.54, 1.807) is 34.4 Å². The highest BCUT2D eigenvalue weighted by atomic mass is 35.5. The Morgan fingerprint density at radius 1 is 1.42 bits per heavy atom. The van der Waals surface area contributed by atoms with Crippen molar-refractivity contribution in [1.82, 2.24) is 4.90 Å². The average Bonchev–Trinajstić information content (AvgIpc) is 2.88. The molecular formula is C14H15ClN2OS. The van der Waals surface area contributed by atoms with Crippen LogP contribution in [0.4, 0.5) is 5.69 Å². The number of benzene rings is 1. The molecule has 1 amide bonds. The number of hydrogen-bond donors (Lipinski definition) is 1. The number of hydrogen-bond acceptors (Lipinski definition) is 3. The Balaban J connectivity index is 2.20. The first-order valence-electron chi connectivity index (χ1n) is 5.98. The molecule has 0 saturated carbocycles. The number of carbonyl (C=O) groups excluding carboxylic acids is 1. The monoisotopic (exact) mass is 294 g/mol. The van der Waals surface area contributed by atoms with E-state index in [4.69, 9.17) is 17.3 Å². The minimum atomic E-state index is -0.0648. The van der Waals surface area contributed by atoms with Crippen molar-refractivity contribution in [1.29, 1.82) is 0 Å². The molecule has 0 aliphatic carbocycles. The Morgan fingerprint density at radius 3 is 2.79 bits per heavy atom. The zero-order valence-corrected chi connectivity index (χ0v) is 12.2. The van der Waals surface area contributed by atoms with E-state index in [9.17, 15) is 4.79 Å². The second-order valence-corrected chi connectivity index (χ2v) is 5.60. The number of nitrogens with two attached hydrogens (primary N) is 1. The summed E-state index contributed by atoms with van der Waals surface area (Å²) in [6.45, 7) is 3.20. The van der Waals surface area contributed by atoms with Crippen LogP contribution < -0.4 is 5.73 Å². The summed E-state index contributed by atoms with van der Waals surface area (Å²) in [6, 6.07) is 8.97. The minimum absolute atomic E-state index is 0.0648. The normalized spacial score (nSPS) is 10.4. The van der Waals surface area contributed by atoms with Crippen LogP contribution in [0.15, 0.2) is 35.7 Å². The molecule has 2 N–H and O–H groups in total. The van der Waals surface area contributed by atoms with Gasteiger partial charge < -0.3 is 10.6 Å². The number of carbonyl (C=O) groups is 1. The summed E-state index contributed by atoms with van der Waals surface area (Å²) in [5.74, 6) is -0.0648. The van der Waals surface area contributed by atoms with E-state index >= 15 is 0 Å². The molecule has 19 heavy (non-hydrogen) atoms. The number of halogens is 1. The summed E-state index contributed by atoms with van der Waals surface area (Å²) in [7, 11) is 0. The molecule has 1 aromatic heterocycles. The van der Waals surface area contributed by atoms with Gasteiger partial charge in [-0.05, 0) is 36.6 Å². The van der Waals surface area contributed by atoms with Gasteiger partial charge in [-0.1, -0.05) is 17.7 Å². The first-order valence-corrected chi connectivity index (χ1v) is 7.24. The van der Waals surface area contributed by atoms with E-state index in [2.05, 4.69) is 0 Å². The molecule has 100 valence electrons. The first kappa shape index (κ1) is 13.9. The summed E-state index contributed by atoms with van der Waals surface area (Å²) in [5.41, 5.74) is 6.78. The lowest BCUT2D eigenvalue weighted by Gasteiger charge is -2.21. The lowest BCUT2D eigenvalue weighted by molar-refractivity contribution is 0.0755. The Kier molecular flexibility index (Phi) is 4.45. The minimum Gasteiger partial charge on any atom is -0.398 e. The van der Waals surface area contributed by atoms with Crippen LogP contribution >= 0.6 is 22.9 Å². The smallest absolute Gasteiger partial charge is 0.256 e. The van der Waals surface area contributed by atoms with E-state index in [0.29, 0.717) is 29.4 Å². The zero-order valence-electron chi connectivity index (χ0n) is 10.6. The van der Waals surface area contributed by atoms with Crippen molar-refractivity contribution < 1.29 is 4.79 Å². The molecule has 0 bridgehead atoms. The van der Waals surface area contributed by atoms with Gasteiger partial charge in [-0.25, -0.2) is 0 Å². The van der Waals surface area contributed by atoms with E-state index in [1.165, 1.54) is 0 Å². The number of thiophene rings is 1. The number of anilines is 1. The van der Waals surface area contributed by atoms with Gasteiger partial charge in [-0.3, -0.25) is 4.79 Å². The standard InChI is InChI=1S/C14H15ClN2OS/c1-2-17(9-11-4-3-7-19-11)14(18)12-6-5-10(15)8-13(12)16/h3-8H,2,9,16H2,1H3. The van der Waals surface area contributed by atoms with E-state index in [1.807, 2.05) is 24.4 Å². The third kappa shape index (κ3) is 3.28. The van der Waals surface area contributed by atoms with Crippen LogP contribution in [-0.2, 0) is 6.54 Å². The lowest BCUT2D eigenvalue weighted by atomic mass is 10.1. The first-order chi connectivity index (χ1) is 9.11. The number of rotatable bonds is 4. The predicted octanol–water partition coefficient (Wildman–Crippen LogP) is 3.65. The van der Waals surface area contributed by atoms with Gasteiger partial charge in [0.05, 0.1) is 12.1 Å². The Morgan fingerprint density at radius 2 is 2.21 bits per heavy atom. The molecule has 0 unspecified atom stereocenters. The molecule has 0 atom stereocenters. The van der Waals surface area contributed by atoms with Crippen LogP contribution in [-0.4, -0.2) is 17.4 Å². The van der Waals surface area contributed by atoms with Crippen molar-refractivity contribution in [3.8, 4) is 0 Å². The van der Waals surface area contributed by atoms with Gasteiger partial charge in [-0.2, -0.15) is 0 Å². The number of nitrogen functional groups attached to an aromatic ring is 1. The third-order valence-corrected chi connectivity index (χ3v) is 3.94. The molecule has 0 aliphatic heterocycles. The molecule has 2 rings (SSSR count). The fraction of sp³-hybridized carbons (Fsp3) is 0.214. The second-order valence-electron chi connectivity index (χ2n) is 4.13. The Bertz CT molecular complexity index is 569. The SMILES string of the molecule is CCN(Cc1cccs1)C(=O)c1ccc(Cl)cc1N. The molecule has 0 aliphatic rings. The Labute approximate surface area is 121 Å². The summed E-state index contributed by atoms with van der Waals surface area (Å²) in [5, 5.41) is 2.54. The predicted molar refractivity (Wildman–Crippen MR) is 80.6 cm³/mol. The molecule has 0 radical (unpaired) electrons. The van der Waals surface area contributed by atoms with Gasteiger partial charge in [0.2, 0.25) is 0 Å². The van der Waals surface area contributed by atoms with Gasteiger partial charge in [-0.15, -0.1) is 11.3 Å². The van der Waals surface area contributed by atoms with Crippen LogP contribution in [0.5, 0.6) is 0 Å². The molecule has 1 heterocycles. The molecule has 0 spiro atoms. The summed E-state index contributed by atoms with van der Waals surface area (Å²) < 4.78 is 0. The van der Waals surface area contributed by atoms with Crippen LogP contribution in [0.1, 0.15) is 22.2 Å². The largest absolute Gasteiger partial charge is 0.398 e. The highest BCUT2D eigenvalue weighted by Crippen LogP contribution is 2.21. The van der Waals surface area contributed by atoms with Gasteiger partial charge in [0.15, 0.2) is 0 Å². The maximum absolute atomic E-state index is 12.4. The van der Waals surface area contributed by atoms with Crippen molar-refractivity contribution in [2.24, 2.45) is 0 Å². The van der Waals surface area contributed by atoms with Gasteiger partial charge in [0.1, 0.15) is 0 Å². The number of amides is 1. The fourth-order valence-corrected chi connectivity index (χ4v) is 2.72. The molecule has 2 aromatic rings. The van der Waals surface area contributed by atoms with E-state index < -0.39 is 0 Å². The topological polar surface area (TPSA) is 46.3 Å². The lowest BCUT2D eigenvalue weighted by Crippen LogP contribution is -2.30. The third-order valence-electron chi connectivity index (χ3n) is 2.84. The second kappa shape index (κ2) is 6.08.